The van der Waals surface area contributed by atoms with Crippen molar-refractivity contribution in [3.63, 3.8) is 0 Å². The van der Waals surface area contributed by atoms with Gasteiger partial charge in [-0.05, 0) is 36.0 Å². The first kappa shape index (κ1) is 18.8. The van der Waals surface area contributed by atoms with Crippen molar-refractivity contribution >= 4 is 18.6 Å². The Morgan fingerprint density at radius 3 is 2.59 bits per heavy atom. The van der Waals surface area contributed by atoms with Gasteiger partial charge in [0, 0.05) is 6.42 Å². The van der Waals surface area contributed by atoms with E-state index in [1.54, 1.807) is 0 Å². The maximum atomic E-state index is 10.5. The van der Waals surface area contributed by atoms with Gasteiger partial charge in [0.15, 0.2) is 0 Å². The van der Waals surface area contributed by atoms with Gasteiger partial charge >= 0.3 is 5.97 Å². The number of benzene rings is 1. The predicted molar refractivity (Wildman–Crippen MR) is 91.8 cm³/mol. The lowest BCUT2D eigenvalue weighted by Crippen LogP contribution is -2.17. The third-order valence-corrected chi connectivity index (χ3v) is 4.24. The summed E-state index contributed by atoms with van der Waals surface area (Å²) < 4.78 is 5.59. The Morgan fingerprint density at radius 2 is 2.00 bits per heavy atom. The van der Waals surface area contributed by atoms with Crippen molar-refractivity contribution in [3.05, 3.63) is 23.8 Å². The quantitative estimate of drug-likeness (QED) is 0.591. The molecule has 0 atom stereocenters. The molecule has 0 amide bonds. The number of ether oxygens (including phenoxy) is 1. The fourth-order valence-electron chi connectivity index (χ4n) is 2.42. The molecule has 3 nitrogen and oxygen atoms in total. The maximum absolute atomic E-state index is 10.5. The molecule has 0 aliphatic rings. The van der Waals surface area contributed by atoms with E-state index in [1.807, 2.05) is 12.1 Å². The largest absolute Gasteiger partial charge is 0.492 e. The zero-order chi connectivity index (χ0) is 16.6. The third-order valence-electron chi connectivity index (χ3n) is 3.92. The van der Waals surface area contributed by atoms with Gasteiger partial charge < -0.3 is 9.84 Å². The Labute approximate surface area is 139 Å². The molecule has 4 heteroatoms. The molecule has 1 aromatic carbocycles. The normalized spacial score (nSPS) is 11.4. The summed E-state index contributed by atoms with van der Waals surface area (Å²) >= 11 is 5.40. The van der Waals surface area contributed by atoms with Crippen LogP contribution in [0, 0.1) is 0 Å². The molecule has 0 saturated carbocycles. The van der Waals surface area contributed by atoms with Gasteiger partial charge in [-0.3, -0.25) is 4.79 Å². The first-order valence-corrected chi connectivity index (χ1v) is 8.44. The van der Waals surface area contributed by atoms with E-state index in [1.165, 1.54) is 24.8 Å². The summed E-state index contributed by atoms with van der Waals surface area (Å²) in [5, 5.41) is 8.60. The van der Waals surface area contributed by atoms with E-state index in [0.717, 1.165) is 6.42 Å². The van der Waals surface area contributed by atoms with Crippen molar-refractivity contribution in [2.45, 2.75) is 69.6 Å². The highest BCUT2D eigenvalue weighted by Crippen LogP contribution is 2.33. The molecular formula is C18H27O3S. The monoisotopic (exact) mass is 323 g/mol. The Kier molecular flexibility index (Phi) is 7.66. The van der Waals surface area contributed by atoms with Gasteiger partial charge in [-0.2, -0.15) is 0 Å². The number of hydrogen-bond donors (Lipinski definition) is 1. The second-order valence-electron chi connectivity index (χ2n) is 6.35. The van der Waals surface area contributed by atoms with E-state index in [-0.39, 0.29) is 11.8 Å². The summed E-state index contributed by atoms with van der Waals surface area (Å²) in [5.41, 5.74) is 1.36. The van der Waals surface area contributed by atoms with Crippen molar-refractivity contribution in [1.82, 2.24) is 0 Å². The second-order valence-corrected chi connectivity index (χ2v) is 6.79. The number of carbonyl (C=O) groups is 1. The molecule has 22 heavy (non-hydrogen) atoms. The van der Waals surface area contributed by atoms with Crippen LogP contribution in [0.1, 0.15) is 64.9 Å². The zero-order valence-corrected chi connectivity index (χ0v) is 14.7. The van der Waals surface area contributed by atoms with Crippen molar-refractivity contribution < 1.29 is 14.6 Å². The maximum Gasteiger partial charge on any atom is 0.303 e. The highest BCUT2D eigenvalue weighted by atomic mass is 32.1. The SMILES string of the molecule is CCCCCC(C)(C)c1ccc(OCCCC(=O)O)c([S])c1. The lowest BCUT2D eigenvalue weighted by Gasteiger charge is -2.26. The van der Waals surface area contributed by atoms with Crippen LogP contribution in [0.15, 0.2) is 23.1 Å². The van der Waals surface area contributed by atoms with E-state index in [4.69, 9.17) is 22.5 Å². The minimum absolute atomic E-state index is 0.116. The molecule has 123 valence electrons. The summed E-state index contributed by atoms with van der Waals surface area (Å²) in [4.78, 5) is 11.2. The van der Waals surface area contributed by atoms with Crippen LogP contribution in [0.2, 0.25) is 0 Å². The highest BCUT2D eigenvalue weighted by Gasteiger charge is 2.21. The van der Waals surface area contributed by atoms with Gasteiger partial charge in [0.2, 0.25) is 0 Å². The van der Waals surface area contributed by atoms with Gasteiger partial charge in [0.1, 0.15) is 5.75 Å². The third kappa shape index (κ3) is 6.22. The molecule has 0 aliphatic heterocycles. The fraction of sp³-hybridized carbons (Fsp3) is 0.611. The van der Waals surface area contributed by atoms with E-state index in [2.05, 4.69) is 26.8 Å². The molecule has 1 N–H and O–H groups in total. The van der Waals surface area contributed by atoms with Crippen LogP contribution in [0.25, 0.3) is 0 Å². The molecule has 1 radical (unpaired) electrons. The zero-order valence-electron chi connectivity index (χ0n) is 13.9. The summed E-state index contributed by atoms with van der Waals surface area (Å²) in [6.07, 6.45) is 5.47. The molecular weight excluding hydrogens is 296 g/mol. The molecule has 0 aliphatic carbocycles. The van der Waals surface area contributed by atoms with Crippen LogP contribution in [0.5, 0.6) is 5.75 Å². The predicted octanol–water partition coefficient (Wildman–Crippen LogP) is 5.34. The first-order chi connectivity index (χ1) is 10.4. The molecule has 0 bridgehead atoms. The number of hydrogen-bond acceptors (Lipinski definition) is 2. The minimum Gasteiger partial charge on any atom is -0.492 e. The van der Waals surface area contributed by atoms with Crippen LogP contribution >= 0.6 is 12.6 Å². The average molecular weight is 323 g/mol. The Balaban J connectivity index is 2.62. The number of carboxylic acids is 1. The van der Waals surface area contributed by atoms with Gasteiger partial charge in [-0.1, -0.05) is 58.7 Å². The van der Waals surface area contributed by atoms with Gasteiger partial charge in [-0.25, -0.2) is 0 Å². The highest BCUT2D eigenvalue weighted by molar-refractivity contribution is 7.80. The summed E-state index contributed by atoms with van der Waals surface area (Å²) in [6.45, 7) is 7.10. The lowest BCUT2D eigenvalue weighted by atomic mass is 9.80. The second kappa shape index (κ2) is 8.99. The van der Waals surface area contributed by atoms with Gasteiger partial charge in [0.25, 0.3) is 0 Å². The molecule has 0 heterocycles. The van der Waals surface area contributed by atoms with Crippen molar-refractivity contribution in [3.8, 4) is 5.75 Å². The first-order valence-electron chi connectivity index (χ1n) is 8.03. The van der Waals surface area contributed by atoms with Crippen LogP contribution < -0.4 is 4.74 Å². The summed E-state index contributed by atoms with van der Waals surface area (Å²) in [5.74, 6) is -0.125. The van der Waals surface area contributed by atoms with Crippen molar-refractivity contribution in [1.29, 1.82) is 0 Å². The standard InChI is InChI=1S/C18H27O3S/c1-4-5-6-11-18(2,3)14-9-10-15(16(22)13-14)21-12-7-8-17(19)20/h9-10,13H,4-8,11-12H2,1-3H3,(H,19,20). The van der Waals surface area contributed by atoms with Gasteiger partial charge in [0.05, 0.1) is 11.5 Å². The molecule has 1 aromatic rings. The number of rotatable bonds is 10. The van der Waals surface area contributed by atoms with Crippen molar-refractivity contribution in [2.75, 3.05) is 6.61 Å². The average Bonchev–Trinajstić information content (AvgIpc) is 2.44. The number of aliphatic carboxylic acids is 1. The van der Waals surface area contributed by atoms with E-state index >= 15 is 0 Å². The van der Waals surface area contributed by atoms with Gasteiger partial charge in [-0.15, -0.1) is 0 Å². The van der Waals surface area contributed by atoms with Crippen LogP contribution in [0.3, 0.4) is 0 Å². The molecule has 0 fully saturated rings. The molecule has 0 unspecified atom stereocenters. The Morgan fingerprint density at radius 1 is 1.27 bits per heavy atom. The minimum atomic E-state index is -0.800. The molecule has 0 saturated heterocycles. The summed E-state index contributed by atoms with van der Waals surface area (Å²) in [6, 6.07) is 6.02. The van der Waals surface area contributed by atoms with Crippen LogP contribution in [0.4, 0.5) is 0 Å². The Bertz CT molecular complexity index is 483. The fourth-order valence-corrected chi connectivity index (χ4v) is 2.67. The number of unbranched alkanes of at least 4 members (excludes halogenated alkanes) is 2. The van der Waals surface area contributed by atoms with E-state index < -0.39 is 5.97 Å². The molecule has 0 aromatic heterocycles. The number of carboxylic acid groups (broad SMARTS) is 1. The van der Waals surface area contributed by atoms with Crippen molar-refractivity contribution in [2.24, 2.45) is 0 Å². The van der Waals surface area contributed by atoms with Crippen LogP contribution in [-0.4, -0.2) is 17.7 Å². The molecule has 1 rings (SSSR count). The summed E-state index contributed by atoms with van der Waals surface area (Å²) in [7, 11) is 0. The van der Waals surface area contributed by atoms with Crippen LogP contribution in [-0.2, 0) is 10.2 Å². The lowest BCUT2D eigenvalue weighted by molar-refractivity contribution is -0.137. The molecule has 0 spiro atoms. The smallest absolute Gasteiger partial charge is 0.303 e. The Hall–Kier alpha value is -1.29. The topological polar surface area (TPSA) is 46.5 Å². The van der Waals surface area contributed by atoms with E-state index in [9.17, 15) is 4.79 Å². The van der Waals surface area contributed by atoms with E-state index in [0.29, 0.717) is 23.7 Å².